The summed E-state index contributed by atoms with van der Waals surface area (Å²) in [5.41, 5.74) is 6.27. The molecule has 3 nitrogen and oxygen atoms in total. The van der Waals surface area contributed by atoms with Gasteiger partial charge < -0.3 is 14.6 Å². The molecule has 0 aliphatic carbocycles. The van der Waals surface area contributed by atoms with Gasteiger partial charge in [0.15, 0.2) is 0 Å². The predicted molar refractivity (Wildman–Crippen MR) is 81.5 cm³/mol. The van der Waals surface area contributed by atoms with Gasteiger partial charge in [0, 0.05) is 5.56 Å². The van der Waals surface area contributed by atoms with Gasteiger partial charge in [0.1, 0.15) is 11.9 Å². The molecule has 1 N–H and O–H groups in total. The van der Waals surface area contributed by atoms with Crippen molar-refractivity contribution in [1.82, 2.24) is 0 Å². The zero-order valence-electron chi connectivity index (χ0n) is 12.6. The number of hydrogen-bond acceptors (Lipinski definition) is 3. The molecular weight excluding hydrogens is 264 g/mol. The van der Waals surface area contributed by atoms with E-state index in [1.54, 1.807) is 7.11 Å². The number of ether oxygens (including phenoxy) is 2. The summed E-state index contributed by atoms with van der Waals surface area (Å²) in [6.45, 7) is 5.35. The molecule has 0 fully saturated rings. The van der Waals surface area contributed by atoms with E-state index in [0.717, 1.165) is 33.6 Å². The molecule has 0 bridgehead atoms. The van der Waals surface area contributed by atoms with Crippen LogP contribution in [0.2, 0.25) is 0 Å². The monoisotopic (exact) mass is 284 g/mol. The van der Waals surface area contributed by atoms with E-state index in [0.29, 0.717) is 13.2 Å². The summed E-state index contributed by atoms with van der Waals surface area (Å²) < 4.78 is 10.9. The fraction of sp³-hybridized carbons (Fsp3) is 0.333. The summed E-state index contributed by atoms with van der Waals surface area (Å²) in [6.07, 6.45) is -0.690. The van der Waals surface area contributed by atoms with E-state index < -0.39 is 6.10 Å². The lowest BCUT2D eigenvalue weighted by atomic mass is 9.94. The topological polar surface area (TPSA) is 38.7 Å². The molecule has 0 radical (unpaired) electrons. The quantitative estimate of drug-likeness (QED) is 0.938. The van der Waals surface area contributed by atoms with Crippen LogP contribution in [0.5, 0.6) is 5.75 Å². The maximum absolute atomic E-state index is 10.7. The van der Waals surface area contributed by atoms with Gasteiger partial charge in [-0.1, -0.05) is 30.3 Å². The van der Waals surface area contributed by atoms with Crippen LogP contribution in [-0.2, 0) is 18.0 Å². The molecule has 0 saturated heterocycles. The Kier molecular flexibility index (Phi) is 3.70. The van der Waals surface area contributed by atoms with Gasteiger partial charge >= 0.3 is 0 Å². The molecule has 2 aromatic carbocycles. The van der Waals surface area contributed by atoms with Crippen molar-refractivity contribution in [3.05, 3.63) is 63.7 Å². The normalized spacial score (nSPS) is 14.9. The fourth-order valence-electron chi connectivity index (χ4n) is 2.84. The lowest BCUT2D eigenvalue weighted by molar-refractivity contribution is 0.134. The predicted octanol–water partition coefficient (Wildman–Crippen LogP) is 3.42. The second-order valence-electron chi connectivity index (χ2n) is 5.55. The number of benzene rings is 2. The van der Waals surface area contributed by atoms with E-state index in [-0.39, 0.29) is 0 Å². The summed E-state index contributed by atoms with van der Waals surface area (Å²) >= 11 is 0. The number of aliphatic hydroxyl groups is 1. The van der Waals surface area contributed by atoms with Crippen molar-refractivity contribution >= 4 is 0 Å². The Balaban J connectivity index is 2.02. The minimum absolute atomic E-state index is 0.625. The van der Waals surface area contributed by atoms with Crippen LogP contribution in [0, 0.1) is 13.8 Å². The molecule has 21 heavy (non-hydrogen) atoms. The molecule has 3 rings (SSSR count). The molecule has 1 unspecified atom stereocenters. The molecule has 2 aromatic rings. The van der Waals surface area contributed by atoms with Crippen LogP contribution in [-0.4, -0.2) is 12.2 Å². The van der Waals surface area contributed by atoms with Crippen LogP contribution in [0.1, 0.15) is 39.5 Å². The van der Waals surface area contributed by atoms with Gasteiger partial charge in [-0.25, -0.2) is 0 Å². The van der Waals surface area contributed by atoms with E-state index in [9.17, 15) is 5.11 Å². The van der Waals surface area contributed by atoms with Crippen molar-refractivity contribution in [2.24, 2.45) is 0 Å². The molecule has 1 aliphatic rings. The first-order valence-electron chi connectivity index (χ1n) is 7.13. The second kappa shape index (κ2) is 5.51. The Morgan fingerprint density at radius 3 is 2.62 bits per heavy atom. The van der Waals surface area contributed by atoms with Crippen molar-refractivity contribution in [2.75, 3.05) is 7.11 Å². The highest BCUT2D eigenvalue weighted by Gasteiger charge is 2.20. The van der Waals surface area contributed by atoms with Crippen LogP contribution in [0.4, 0.5) is 0 Å². The third kappa shape index (κ3) is 2.43. The zero-order chi connectivity index (χ0) is 15.0. The number of methoxy groups -OCH3 is 1. The van der Waals surface area contributed by atoms with E-state index in [4.69, 9.17) is 9.47 Å². The number of aryl methyl sites for hydroxylation is 1. The highest BCUT2D eigenvalue weighted by molar-refractivity contribution is 5.49. The first kappa shape index (κ1) is 14.1. The maximum atomic E-state index is 10.7. The molecule has 110 valence electrons. The molecule has 1 heterocycles. The van der Waals surface area contributed by atoms with Gasteiger partial charge in [0.25, 0.3) is 0 Å². The summed E-state index contributed by atoms with van der Waals surface area (Å²) in [7, 11) is 1.65. The van der Waals surface area contributed by atoms with Crippen LogP contribution in [0.15, 0.2) is 30.3 Å². The largest absolute Gasteiger partial charge is 0.496 e. The van der Waals surface area contributed by atoms with Crippen molar-refractivity contribution in [3.8, 4) is 5.75 Å². The van der Waals surface area contributed by atoms with E-state index in [1.807, 2.05) is 44.2 Å². The number of rotatable bonds is 3. The van der Waals surface area contributed by atoms with Crippen molar-refractivity contribution in [3.63, 3.8) is 0 Å². The minimum Gasteiger partial charge on any atom is -0.496 e. The zero-order valence-corrected chi connectivity index (χ0v) is 12.6. The first-order valence-corrected chi connectivity index (χ1v) is 7.13. The second-order valence-corrected chi connectivity index (χ2v) is 5.55. The number of hydrogen-bond donors (Lipinski definition) is 1. The third-order valence-corrected chi connectivity index (χ3v) is 4.27. The first-order chi connectivity index (χ1) is 10.1. The molecule has 0 aromatic heterocycles. The van der Waals surface area contributed by atoms with Gasteiger partial charge in [0.2, 0.25) is 0 Å². The minimum atomic E-state index is -0.690. The SMILES string of the molecule is COc1c(C(O)c2ccc3c(c2)COC3)ccc(C)c1C. The summed E-state index contributed by atoms with van der Waals surface area (Å²) in [4.78, 5) is 0. The van der Waals surface area contributed by atoms with Gasteiger partial charge in [0.05, 0.1) is 20.3 Å². The van der Waals surface area contributed by atoms with Gasteiger partial charge in [-0.15, -0.1) is 0 Å². The fourth-order valence-corrected chi connectivity index (χ4v) is 2.84. The van der Waals surface area contributed by atoms with Gasteiger partial charge in [-0.05, 0) is 41.7 Å². The van der Waals surface area contributed by atoms with Gasteiger partial charge in [-0.3, -0.25) is 0 Å². The lowest BCUT2D eigenvalue weighted by Crippen LogP contribution is -2.05. The molecule has 3 heteroatoms. The summed E-state index contributed by atoms with van der Waals surface area (Å²) in [6, 6.07) is 9.99. The molecular formula is C18H20O3. The molecule has 0 saturated carbocycles. The molecule has 1 aliphatic heterocycles. The highest BCUT2D eigenvalue weighted by Crippen LogP contribution is 2.35. The van der Waals surface area contributed by atoms with Gasteiger partial charge in [-0.2, -0.15) is 0 Å². The third-order valence-electron chi connectivity index (χ3n) is 4.27. The lowest BCUT2D eigenvalue weighted by Gasteiger charge is -2.18. The average Bonchev–Trinajstić information content (AvgIpc) is 2.96. The average molecular weight is 284 g/mol. The number of fused-ring (bicyclic) bond motifs is 1. The Morgan fingerprint density at radius 2 is 1.86 bits per heavy atom. The van der Waals surface area contributed by atoms with Crippen molar-refractivity contribution in [2.45, 2.75) is 33.2 Å². The molecule has 0 spiro atoms. The Bertz CT molecular complexity index is 676. The standard InChI is InChI=1S/C18H20O3/c1-11-4-7-16(18(20-3)12(11)2)17(19)13-5-6-14-9-21-10-15(14)8-13/h4-8,17,19H,9-10H2,1-3H3. The summed E-state index contributed by atoms with van der Waals surface area (Å²) in [5, 5.41) is 10.7. The van der Waals surface area contributed by atoms with E-state index >= 15 is 0 Å². The Labute approximate surface area is 125 Å². The molecule has 1 atom stereocenters. The van der Waals surface area contributed by atoms with Crippen molar-refractivity contribution in [1.29, 1.82) is 0 Å². The van der Waals surface area contributed by atoms with Crippen LogP contribution in [0.25, 0.3) is 0 Å². The van der Waals surface area contributed by atoms with Crippen LogP contribution in [0.3, 0.4) is 0 Å². The van der Waals surface area contributed by atoms with Crippen LogP contribution < -0.4 is 4.74 Å². The van der Waals surface area contributed by atoms with E-state index in [1.165, 1.54) is 5.56 Å². The Morgan fingerprint density at radius 1 is 1.10 bits per heavy atom. The Hall–Kier alpha value is -1.84. The van der Waals surface area contributed by atoms with Crippen LogP contribution >= 0.6 is 0 Å². The number of aliphatic hydroxyl groups excluding tert-OH is 1. The molecule has 0 amide bonds. The van der Waals surface area contributed by atoms with Crippen molar-refractivity contribution < 1.29 is 14.6 Å². The highest BCUT2D eigenvalue weighted by atomic mass is 16.5. The van der Waals surface area contributed by atoms with E-state index in [2.05, 4.69) is 0 Å². The summed E-state index contributed by atoms with van der Waals surface area (Å²) in [5.74, 6) is 0.763. The maximum Gasteiger partial charge on any atom is 0.128 e. The smallest absolute Gasteiger partial charge is 0.128 e.